The molecule has 2 unspecified atom stereocenters. The van der Waals surface area contributed by atoms with Crippen LogP contribution in [0.5, 0.6) is 0 Å². The van der Waals surface area contributed by atoms with Crippen molar-refractivity contribution >= 4 is 5.97 Å². The summed E-state index contributed by atoms with van der Waals surface area (Å²) in [6.07, 6.45) is 17.0. The predicted octanol–water partition coefficient (Wildman–Crippen LogP) is 5.89. The zero-order valence-corrected chi connectivity index (χ0v) is 14.8. The molecule has 2 fully saturated rings. The van der Waals surface area contributed by atoms with Crippen molar-refractivity contribution in [3.05, 3.63) is 0 Å². The molecule has 0 aromatic carbocycles. The molecule has 1 aliphatic heterocycles. The maximum absolute atomic E-state index is 11.8. The van der Waals surface area contributed by atoms with Crippen LogP contribution in [0.1, 0.15) is 97.3 Å². The summed E-state index contributed by atoms with van der Waals surface area (Å²) in [6.45, 7) is 4.38. The Labute approximate surface area is 137 Å². The van der Waals surface area contributed by atoms with Crippen LogP contribution in [0.2, 0.25) is 0 Å². The maximum atomic E-state index is 11.8. The van der Waals surface area contributed by atoms with Gasteiger partial charge in [0.25, 0.3) is 0 Å². The highest BCUT2D eigenvalue weighted by molar-refractivity contribution is 5.73. The first kappa shape index (κ1) is 17.8. The number of esters is 1. The molecule has 0 aromatic rings. The van der Waals surface area contributed by atoms with Crippen molar-refractivity contribution in [2.24, 2.45) is 17.8 Å². The smallest absolute Gasteiger partial charge is 0.309 e. The van der Waals surface area contributed by atoms with Crippen molar-refractivity contribution in [1.29, 1.82) is 0 Å². The van der Waals surface area contributed by atoms with Crippen LogP contribution in [0.3, 0.4) is 0 Å². The van der Waals surface area contributed by atoms with Gasteiger partial charge in [-0.25, -0.2) is 0 Å². The Hall–Kier alpha value is -0.530. The van der Waals surface area contributed by atoms with Crippen molar-refractivity contribution in [3.8, 4) is 0 Å². The lowest BCUT2D eigenvalue weighted by atomic mass is 9.77. The third-order valence-corrected chi connectivity index (χ3v) is 6.03. The monoisotopic (exact) mass is 308 g/mol. The van der Waals surface area contributed by atoms with E-state index in [0.29, 0.717) is 0 Å². The Morgan fingerprint density at radius 3 is 2.14 bits per heavy atom. The molecule has 1 heterocycles. The molecular formula is C20H36O2. The van der Waals surface area contributed by atoms with Gasteiger partial charge in [-0.15, -0.1) is 0 Å². The number of carbonyl (C=O) groups excluding carboxylic acids is 1. The van der Waals surface area contributed by atoms with Gasteiger partial charge in [-0.2, -0.15) is 0 Å². The van der Waals surface area contributed by atoms with Gasteiger partial charge in [0, 0.05) is 0 Å². The van der Waals surface area contributed by atoms with Crippen LogP contribution < -0.4 is 0 Å². The summed E-state index contributed by atoms with van der Waals surface area (Å²) in [5.74, 6) is 2.14. The minimum atomic E-state index is 0.0679. The van der Waals surface area contributed by atoms with E-state index in [1.54, 1.807) is 0 Å². The van der Waals surface area contributed by atoms with E-state index in [1.165, 1.54) is 57.8 Å². The Balaban J connectivity index is 1.58. The molecule has 2 heteroatoms. The van der Waals surface area contributed by atoms with Crippen LogP contribution in [-0.4, -0.2) is 12.1 Å². The second-order valence-corrected chi connectivity index (χ2v) is 7.70. The van der Waals surface area contributed by atoms with Crippen molar-refractivity contribution in [3.63, 3.8) is 0 Å². The number of hydrogen-bond donors (Lipinski definition) is 0. The van der Waals surface area contributed by atoms with Gasteiger partial charge in [0.2, 0.25) is 0 Å². The van der Waals surface area contributed by atoms with Crippen LogP contribution in [0.4, 0.5) is 0 Å². The van der Waals surface area contributed by atoms with Gasteiger partial charge in [-0.3, -0.25) is 4.79 Å². The normalized spacial score (nSPS) is 32.7. The van der Waals surface area contributed by atoms with Gasteiger partial charge in [-0.05, 0) is 43.9 Å². The molecule has 0 bridgehead atoms. The van der Waals surface area contributed by atoms with E-state index >= 15 is 0 Å². The molecule has 22 heavy (non-hydrogen) atoms. The van der Waals surface area contributed by atoms with Gasteiger partial charge in [0.1, 0.15) is 6.10 Å². The zero-order valence-electron chi connectivity index (χ0n) is 14.8. The molecule has 0 spiro atoms. The molecule has 2 aliphatic rings. The molecule has 2 nitrogen and oxygen atoms in total. The summed E-state index contributed by atoms with van der Waals surface area (Å²) in [5, 5.41) is 0. The topological polar surface area (TPSA) is 26.3 Å². The molecule has 0 amide bonds. The number of ether oxygens (including phenoxy) is 1. The van der Waals surface area contributed by atoms with Gasteiger partial charge in [0.05, 0.1) is 5.92 Å². The molecule has 2 rings (SSSR count). The highest BCUT2D eigenvalue weighted by Crippen LogP contribution is 2.35. The molecule has 1 saturated carbocycles. The van der Waals surface area contributed by atoms with E-state index in [9.17, 15) is 4.79 Å². The van der Waals surface area contributed by atoms with Crippen LogP contribution in [0.25, 0.3) is 0 Å². The van der Waals surface area contributed by atoms with Crippen LogP contribution in [-0.2, 0) is 9.53 Å². The van der Waals surface area contributed by atoms with E-state index in [4.69, 9.17) is 4.74 Å². The van der Waals surface area contributed by atoms with Crippen LogP contribution in [0.15, 0.2) is 0 Å². The molecule has 1 saturated heterocycles. The average molecular weight is 309 g/mol. The van der Waals surface area contributed by atoms with E-state index in [1.807, 2.05) is 0 Å². The fraction of sp³-hybridized carbons (Fsp3) is 0.950. The molecule has 0 radical (unpaired) electrons. The molecular weight excluding hydrogens is 272 g/mol. The number of hydrogen-bond acceptors (Lipinski definition) is 2. The first-order valence-corrected chi connectivity index (χ1v) is 9.93. The first-order valence-electron chi connectivity index (χ1n) is 9.93. The first-order chi connectivity index (χ1) is 10.7. The number of carbonyl (C=O) groups is 1. The molecule has 1 aliphatic carbocycles. The highest BCUT2D eigenvalue weighted by Gasteiger charge is 2.29. The van der Waals surface area contributed by atoms with E-state index in [2.05, 4.69) is 13.8 Å². The van der Waals surface area contributed by atoms with E-state index in [0.717, 1.165) is 37.5 Å². The quantitative estimate of drug-likeness (QED) is 0.413. The van der Waals surface area contributed by atoms with Crippen molar-refractivity contribution in [2.75, 3.05) is 0 Å². The highest BCUT2D eigenvalue weighted by atomic mass is 16.5. The van der Waals surface area contributed by atoms with Gasteiger partial charge in [0.15, 0.2) is 0 Å². The summed E-state index contributed by atoms with van der Waals surface area (Å²) >= 11 is 0. The number of unbranched alkanes of at least 4 members (excludes halogenated alkanes) is 2. The molecule has 128 valence electrons. The third-order valence-electron chi connectivity index (χ3n) is 6.03. The van der Waals surface area contributed by atoms with Crippen LogP contribution >= 0.6 is 0 Å². The van der Waals surface area contributed by atoms with E-state index in [-0.39, 0.29) is 18.0 Å². The summed E-state index contributed by atoms with van der Waals surface area (Å²) in [5.41, 5.74) is 0. The fourth-order valence-electron chi connectivity index (χ4n) is 4.31. The van der Waals surface area contributed by atoms with E-state index < -0.39 is 0 Å². The van der Waals surface area contributed by atoms with Crippen molar-refractivity contribution < 1.29 is 9.53 Å². The van der Waals surface area contributed by atoms with Crippen LogP contribution in [0, 0.1) is 17.8 Å². The Morgan fingerprint density at radius 1 is 0.864 bits per heavy atom. The summed E-state index contributed by atoms with van der Waals surface area (Å²) in [7, 11) is 0. The minimum Gasteiger partial charge on any atom is -0.462 e. The fourth-order valence-corrected chi connectivity index (χ4v) is 4.31. The molecule has 0 aromatic heterocycles. The Morgan fingerprint density at radius 2 is 1.55 bits per heavy atom. The van der Waals surface area contributed by atoms with Gasteiger partial charge in [-0.1, -0.05) is 65.2 Å². The standard InChI is InChI=1S/C20H36O2/c1-3-5-6-7-16-8-10-17(11-9-16)12-14-19-15-13-18(4-2)20(21)22-19/h16-19H,3-15H2,1-2H3. The lowest BCUT2D eigenvalue weighted by Gasteiger charge is -2.31. The second kappa shape index (κ2) is 9.57. The SMILES string of the molecule is CCCCCC1CCC(CCC2CCC(CC)C(=O)O2)CC1. The zero-order chi connectivity index (χ0) is 15.8. The minimum absolute atomic E-state index is 0.0679. The number of rotatable bonds is 8. The molecule has 2 atom stereocenters. The lowest BCUT2D eigenvalue weighted by Crippen LogP contribution is -2.31. The Bertz CT molecular complexity index is 318. The third kappa shape index (κ3) is 5.59. The van der Waals surface area contributed by atoms with Crippen molar-refractivity contribution in [1.82, 2.24) is 0 Å². The van der Waals surface area contributed by atoms with Gasteiger partial charge < -0.3 is 4.74 Å². The molecule has 0 N–H and O–H groups in total. The summed E-state index contributed by atoms with van der Waals surface area (Å²) < 4.78 is 5.63. The van der Waals surface area contributed by atoms with Gasteiger partial charge >= 0.3 is 5.97 Å². The Kier molecular flexibility index (Phi) is 7.75. The number of cyclic esters (lactones) is 1. The predicted molar refractivity (Wildman–Crippen MR) is 91.7 cm³/mol. The maximum Gasteiger partial charge on any atom is 0.309 e. The van der Waals surface area contributed by atoms with Crippen molar-refractivity contribution in [2.45, 2.75) is 103 Å². The summed E-state index contributed by atoms with van der Waals surface area (Å²) in [4.78, 5) is 11.8. The largest absolute Gasteiger partial charge is 0.462 e. The summed E-state index contributed by atoms with van der Waals surface area (Å²) in [6, 6.07) is 0. The lowest BCUT2D eigenvalue weighted by molar-refractivity contribution is -0.161. The average Bonchev–Trinajstić information content (AvgIpc) is 2.54. The second-order valence-electron chi connectivity index (χ2n) is 7.70.